The Bertz CT molecular complexity index is 650. The summed E-state index contributed by atoms with van der Waals surface area (Å²) in [7, 11) is -1.07. The van der Waals surface area contributed by atoms with Gasteiger partial charge in [0.05, 0.1) is 17.0 Å². The van der Waals surface area contributed by atoms with E-state index in [-0.39, 0.29) is 5.91 Å². The van der Waals surface area contributed by atoms with Crippen LogP contribution in [0.3, 0.4) is 0 Å². The number of nitrogens with one attached hydrogen (secondary N) is 1. The van der Waals surface area contributed by atoms with Gasteiger partial charge >= 0.3 is 0 Å². The molecule has 1 N–H and O–H groups in total. The van der Waals surface area contributed by atoms with Crippen molar-refractivity contribution in [2.45, 2.75) is 69.1 Å². The molecule has 4 aliphatic carbocycles. The quantitative estimate of drug-likeness (QED) is 0.665. The minimum absolute atomic E-state index is 0.0725. The van der Waals surface area contributed by atoms with Gasteiger partial charge in [-0.05, 0) is 74.5 Å². The van der Waals surface area contributed by atoms with Crippen molar-refractivity contribution >= 4 is 28.0 Å². The molecule has 4 fully saturated rings. The third-order valence-electron chi connectivity index (χ3n) is 6.75. The number of carbonyl (C=O) groups excluding carboxylic acids is 1. The van der Waals surface area contributed by atoms with Gasteiger partial charge in [-0.3, -0.25) is 9.00 Å². The van der Waals surface area contributed by atoms with Gasteiger partial charge in [-0.2, -0.15) is 0 Å². The van der Waals surface area contributed by atoms with Crippen LogP contribution >= 0.6 is 11.3 Å². The zero-order valence-corrected chi connectivity index (χ0v) is 17.3. The van der Waals surface area contributed by atoms with Crippen LogP contribution in [0.25, 0.3) is 0 Å². The van der Waals surface area contributed by atoms with E-state index in [4.69, 9.17) is 0 Å². The molecule has 4 bridgehead atoms. The van der Waals surface area contributed by atoms with Gasteiger partial charge < -0.3 is 5.32 Å². The zero-order valence-electron chi connectivity index (χ0n) is 15.7. The molecule has 0 aliphatic heterocycles. The van der Waals surface area contributed by atoms with Crippen LogP contribution in [0.2, 0.25) is 0 Å². The lowest BCUT2D eigenvalue weighted by atomic mass is 9.48. The van der Waals surface area contributed by atoms with E-state index in [2.05, 4.69) is 10.3 Å². The standard InChI is InChI=1S/C20H30N2O2S2/c1-2-26(24)19-22-13-17(25-19)18(23)21-6-4-3-5-20-10-14-7-15(11-20)9-16(8-14)12-20/h13-16H,2-12H2,1H3,(H,21,23). The number of hydrogen-bond acceptors (Lipinski definition) is 4. The van der Waals surface area contributed by atoms with Crippen molar-refractivity contribution in [3.05, 3.63) is 11.1 Å². The van der Waals surface area contributed by atoms with E-state index in [9.17, 15) is 9.00 Å². The van der Waals surface area contributed by atoms with Crippen LogP contribution in [0.15, 0.2) is 10.5 Å². The maximum Gasteiger partial charge on any atom is 0.263 e. The lowest BCUT2D eigenvalue weighted by Crippen LogP contribution is -2.45. The van der Waals surface area contributed by atoms with E-state index in [1.165, 1.54) is 62.7 Å². The zero-order chi connectivity index (χ0) is 18.1. The molecular weight excluding hydrogens is 364 g/mol. The molecule has 5 rings (SSSR count). The van der Waals surface area contributed by atoms with Crippen molar-refractivity contribution in [2.24, 2.45) is 23.2 Å². The van der Waals surface area contributed by atoms with E-state index < -0.39 is 10.8 Å². The second-order valence-electron chi connectivity index (χ2n) is 8.76. The van der Waals surface area contributed by atoms with Crippen LogP contribution in [0.5, 0.6) is 0 Å². The Hall–Kier alpha value is -0.750. The van der Waals surface area contributed by atoms with E-state index in [1.807, 2.05) is 6.92 Å². The Kier molecular flexibility index (Phi) is 5.51. The van der Waals surface area contributed by atoms with Crippen molar-refractivity contribution in [3.63, 3.8) is 0 Å². The maximum absolute atomic E-state index is 12.2. The van der Waals surface area contributed by atoms with Crippen molar-refractivity contribution < 1.29 is 9.00 Å². The number of unbranched alkanes of at least 4 members (excludes halogenated alkanes) is 1. The first-order chi connectivity index (χ1) is 12.6. The van der Waals surface area contributed by atoms with Crippen molar-refractivity contribution in [3.8, 4) is 0 Å². The molecule has 0 spiro atoms. The van der Waals surface area contributed by atoms with Gasteiger partial charge in [-0.15, -0.1) is 11.3 Å². The Morgan fingerprint density at radius 1 is 1.23 bits per heavy atom. The smallest absolute Gasteiger partial charge is 0.263 e. The Labute approximate surface area is 163 Å². The van der Waals surface area contributed by atoms with Crippen LogP contribution in [0.1, 0.15) is 74.4 Å². The van der Waals surface area contributed by atoms with Crippen molar-refractivity contribution in [1.29, 1.82) is 0 Å². The molecule has 4 nitrogen and oxygen atoms in total. The molecule has 1 heterocycles. The predicted molar refractivity (Wildman–Crippen MR) is 106 cm³/mol. The van der Waals surface area contributed by atoms with Gasteiger partial charge in [0, 0.05) is 12.3 Å². The molecule has 144 valence electrons. The number of rotatable bonds is 8. The predicted octanol–water partition coefficient (Wildman–Crippen LogP) is 4.39. The van der Waals surface area contributed by atoms with E-state index >= 15 is 0 Å². The van der Waals surface area contributed by atoms with Gasteiger partial charge in [-0.1, -0.05) is 13.3 Å². The van der Waals surface area contributed by atoms with E-state index in [0.29, 0.717) is 20.4 Å². The van der Waals surface area contributed by atoms with Crippen LogP contribution in [0.4, 0.5) is 0 Å². The molecule has 1 unspecified atom stereocenters. The summed E-state index contributed by atoms with van der Waals surface area (Å²) in [6, 6.07) is 0. The monoisotopic (exact) mass is 394 g/mol. The van der Waals surface area contributed by atoms with Crippen LogP contribution in [-0.4, -0.2) is 27.4 Å². The summed E-state index contributed by atoms with van der Waals surface area (Å²) in [6.45, 7) is 2.59. The highest BCUT2D eigenvalue weighted by atomic mass is 32.2. The average molecular weight is 395 g/mol. The lowest BCUT2D eigenvalue weighted by molar-refractivity contribution is -0.0582. The molecule has 1 atom stereocenters. The Balaban J connectivity index is 1.19. The highest BCUT2D eigenvalue weighted by Gasteiger charge is 2.50. The normalized spacial score (nSPS) is 33.3. The average Bonchev–Trinajstić information content (AvgIpc) is 3.09. The summed E-state index contributed by atoms with van der Waals surface area (Å²) < 4.78 is 12.3. The highest BCUT2D eigenvalue weighted by Crippen LogP contribution is 2.61. The number of thiazole rings is 1. The number of nitrogens with zero attached hydrogens (tertiary/aromatic N) is 1. The third kappa shape index (κ3) is 3.91. The lowest BCUT2D eigenvalue weighted by Gasteiger charge is -2.57. The summed E-state index contributed by atoms with van der Waals surface area (Å²) in [5.74, 6) is 3.54. The second-order valence-corrected chi connectivity index (χ2v) is 11.7. The first kappa shape index (κ1) is 18.6. The number of hydrogen-bond donors (Lipinski definition) is 1. The third-order valence-corrected chi connectivity index (χ3v) is 9.37. The first-order valence-corrected chi connectivity index (χ1v) is 12.3. The first-order valence-electron chi connectivity index (χ1n) is 10.2. The van der Waals surface area contributed by atoms with Crippen LogP contribution in [-0.2, 0) is 10.8 Å². The van der Waals surface area contributed by atoms with Gasteiger partial charge in [0.15, 0.2) is 4.34 Å². The summed E-state index contributed by atoms with van der Waals surface area (Å²) in [6.07, 6.45) is 14.1. The second kappa shape index (κ2) is 7.70. The fourth-order valence-electron chi connectivity index (χ4n) is 6.10. The molecule has 1 amide bonds. The topological polar surface area (TPSA) is 59.1 Å². The summed E-state index contributed by atoms with van der Waals surface area (Å²) in [4.78, 5) is 16.9. The molecular formula is C20H30N2O2S2. The largest absolute Gasteiger partial charge is 0.351 e. The molecule has 0 aromatic carbocycles. The number of amides is 1. The molecule has 6 heteroatoms. The highest BCUT2D eigenvalue weighted by molar-refractivity contribution is 7.87. The molecule has 1 aromatic heterocycles. The molecule has 0 saturated heterocycles. The molecule has 26 heavy (non-hydrogen) atoms. The summed E-state index contributed by atoms with van der Waals surface area (Å²) >= 11 is 1.25. The molecule has 4 aliphatic rings. The van der Waals surface area contributed by atoms with Crippen molar-refractivity contribution in [2.75, 3.05) is 12.3 Å². The van der Waals surface area contributed by atoms with Gasteiger partial charge in [-0.25, -0.2) is 4.98 Å². The van der Waals surface area contributed by atoms with Crippen molar-refractivity contribution in [1.82, 2.24) is 10.3 Å². The van der Waals surface area contributed by atoms with Crippen LogP contribution < -0.4 is 5.32 Å². The minimum atomic E-state index is -1.07. The van der Waals surface area contributed by atoms with Crippen LogP contribution in [0, 0.1) is 23.2 Å². The van der Waals surface area contributed by atoms with Gasteiger partial charge in [0.25, 0.3) is 5.91 Å². The fourth-order valence-corrected chi connectivity index (χ4v) is 8.08. The summed E-state index contributed by atoms with van der Waals surface area (Å²) in [5, 5.41) is 3.01. The van der Waals surface area contributed by atoms with E-state index in [0.717, 1.165) is 30.7 Å². The minimum Gasteiger partial charge on any atom is -0.351 e. The fraction of sp³-hybridized carbons (Fsp3) is 0.800. The number of aromatic nitrogens is 1. The summed E-state index contributed by atoms with van der Waals surface area (Å²) in [5.41, 5.74) is 0.648. The Morgan fingerprint density at radius 2 is 1.88 bits per heavy atom. The maximum atomic E-state index is 12.2. The van der Waals surface area contributed by atoms with Gasteiger partial charge in [0.1, 0.15) is 4.88 Å². The Morgan fingerprint density at radius 3 is 2.50 bits per heavy atom. The van der Waals surface area contributed by atoms with E-state index in [1.54, 1.807) is 6.20 Å². The molecule has 0 radical (unpaired) electrons. The number of carbonyl (C=O) groups is 1. The van der Waals surface area contributed by atoms with Gasteiger partial charge in [0.2, 0.25) is 0 Å². The molecule has 4 saturated carbocycles. The SMILES string of the molecule is CCS(=O)c1ncc(C(=O)NCCCCC23CC4CC(CC(C4)C2)C3)s1. The molecule has 1 aromatic rings.